The van der Waals surface area contributed by atoms with E-state index in [4.69, 9.17) is 17.0 Å². The van der Waals surface area contributed by atoms with Gasteiger partial charge in [-0.2, -0.15) is 0 Å². The number of thiocarbonyl (C=S) groups is 1. The first kappa shape index (κ1) is 24.1. The molecule has 0 aliphatic heterocycles. The van der Waals surface area contributed by atoms with E-state index in [-0.39, 0.29) is 16.9 Å². The van der Waals surface area contributed by atoms with E-state index in [2.05, 4.69) is 22.9 Å². The smallest absolute Gasteiger partial charge is 0.250 e. The SMILES string of the molecule is CCCCCC(=O)Nc1cccc(NC(=S)NC(=O)/C=C/c2ccc(OCC)cc2)c1. The van der Waals surface area contributed by atoms with E-state index >= 15 is 0 Å². The molecule has 2 aromatic carbocycles. The Kier molecular flexibility index (Phi) is 10.2. The van der Waals surface area contributed by atoms with Crippen LogP contribution in [0.25, 0.3) is 6.08 Å². The molecule has 0 saturated carbocycles. The second kappa shape index (κ2) is 13.2. The number of hydrogen-bond acceptors (Lipinski definition) is 4. The summed E-state index contributed by atoms with van der Waals surface area (Å²) in [6, 6.07) is 14.6. The average molecular weight is 440 g/mol. The van der Waals surface area contributed by atoms with Crippen molar-refractivity contribution in [1.82, 2.24) is 5.32 Å². The number of ether oxygens (including phenoxy) is 1. The second-order valence-corrected chi connectivity index (χ2v) is 7.27. The fraction of sp³-hybridized carbons (Fsp3) is 0.292. The van der Waals surface area contributed by atoms with Crippen molar-refractivity contribution in [3.63, 3.8) is 0 Å². The predicted octanol–water partition coefficient (Wildman–Crippen LogP) is 5.13. The van der Waals surface area contributed by atoms with Gasteiger partial charge in [-0.3, -0.25) is 14.9 Å². The van der Waals surface area contributed by atoms with Gasteiger partial charge < -0.3 is 15.4 Å². The van der Waals surface area contributed by atoms with Crippen LogP contribution >= 0.6 is 12.2 Å². The van der Waals surface area contributed by atoms with E-state index in [0.29, 0.717) is 24.4 Å². The van der Waals surface area contributed by atoms with E-state index < -0.39 is 0 Å². The maximum absolute atomic E-state index is 12.1. The molecule has 164 valence electrons. The number of benzene rings is 2. The van der Waals surface area contributed by atoms with Crippen LogP contribution in [0.3, 0.4) is 0 Å². The molecule has 31 heavy (non-hydrogen) atoms. The minimum atomic E-state index is -0.341. The first-order valence-electron chi connectivity index (χ1n) is 10.4. The van der Waals surface area contributed by atoms with Gasteiger partial charge in [-0.05, 0) is 67.5 Å². The van der Waals surface area contributed by atoms with Gasteiger partial charge in [0.15, 0.2) is 5.11 Å². The summed E-state index contributed by atoms with van der Waals surface area (Å²) in [6.07, 6.45) is 6.60. The molecule has 3 N–H and O–H groups in total. The van der Waals surface area contributed by atoms with Gasteiger partial charge in [0.25, 0.3) is 0 Å². The van der Waals surface area contributed by atoms with Gasteiger partial charge in [0.05, 0.1) is 6.61 Å². The lowest BCUT2D eigenvalue weighted by Gasteiger charge is -2.10. The normalized spacial score (nSPS) is 10.5. The molecule has 0 aliphatic rings. The molecule has 6 nitrogen and oxygen atoms in total. The Morgan fingerprint density at radius 3 is 2.39 bits per heavy atom. The predicted molar refractivity (Wildman–Crippen MR) is 130 cm³/mol. The van der Waals surface area contributed by atoms with Crippen LogP contribution in [0.5, 0.6) is 5.75 Å². The summed E-state index contributed by atoms with van der Waals surface area (Å²) in [6.45, 7) is 4.64. The number of unbranched alkanes of at least 4 members (excludes halogenated alkanes) is 2. The van der Waals surface area contributed by atoms with Crippen molar-refractivity contribution in [2.45, 2.75) is 39.5 Å². The van der Waals surface area contributed by atoms with E-state index in [0.717, 1.165) is 30.6 Å². The third-order valence-electron chi connectivity index (χ3n) is 4.27. The average Bonchev–Trinajstić information content (AvgIpc) is 2.74. The van der Waals surface area contributed by atoms with E-state index in [1.54, 1.807) is 24.3 Å². The van der Waals surface area contributed by atoms with Gasteiger partial charge in [-0.15, -0.1) is 0 Å². The van der Waals surface area contributed by atoms with Crippen molar-refractivity contribution in [3.8, 4) is 5.75 Å². The lowest BCUT2D eigenvalue weighted by atomic mass is 10.2. The second-order valence-electron chi connectivity index (χ2n) is 6.86. The fourth-order valence-corrected chi connectivity index (χ4v) is 2.98. The molecule has 0 heterocycles. The molecule has 2 aromatic rings. The van der Waals surface area contributed by atoms with E-state index in [1.165, 1.54) is 6.08 Å². The Morgan fingerprint density at radius 2 is 1.71 bits per heavy atom. The monoisotopic (exact) mass is 439 g/mol. The summed E-state index contributed by atoms with van der Waals surface area (Å²) in [5.74, 6) is 0.432. The van der Waals surface area contributed by atoms with Crippen LogP contribution in [-0.2, 0) is 9.59 Å². The van der Waals surface area contributed by atoms with E-state index in [1.807, 2.05) is 37.3 Å². The zero-order valence-electron chi connectivity index (χ0n) is 17.9. The third kappa shape index (κ3) is 9.44. The van der Waals surface area contributed by atoms with Crippen molar-refractivity contribution in [2.24, 2.45) is 0 Å². The maximum atomic E-state index is 12.1. The Balaban J connectivity index is 1.83. The van der Waals surface area contributed by atoms with Crippen molar-refractivity contribution in [2.75, 3.05) is 17.2 Å². The van der Waals surface area contributed by atoms with Crippen molar-refractivity contribution in [3.05, 3.63) is 60.2 Å². The number of anilines is 2. The highest BCUT2D eigenvalue weighted by Gasteiger charge is 2.05. The highest BCUT2D eigenvalue weighted by Crippen LogP contribution is 2.16. The van der Waals surface area contributed by atoms with Crippen LogP contribution < -0.4 is 20.7 Å². The molecule has 0 atom stereocenters. The molecule has 0 saturated heterocycles. The first-order valence-corrected chi connectivity index (χ1v) is 10.8. The summed E-state index contributed by atoms with van der Waals surface area (Å²) in [5.41, 5.74) is 2.23. The molecule has 0 fully saturated rings. The molecule has 2 amide bonds. The molecule has 0 aromatic heterocycles. The lowest BCUT2D eigenvalue weighted by molar-refractivity contribution is -0.116. The summed E-state index contributed by atoms with van der Waals surface area (Å²) in [5, 5.41) is 8.61. The highest BCUT2D eigenvalue weighted by molar-refractivity contribution is 7.80. The molecule has 0 unspecified atom stereocenters. The molecule has 0 radical (unpaired) electrons. The van der Waals surface area contributed by atoms with Gasteiger partial charge in [0.2, 0.25) is 11.8 Å². The number of amides is 2. The summed E-state index contributed by atoms with van der Waals surface area (Å²) < 4.78 is 5.40. The van der Waals surface area contributed by atoms with Gasteiger partial charge in [-0.25, -0.2) is 0 Å². The van der Waals surface area contributed by atoms with Gasteiger partial charge in [-0.1, -0.05) is 38.0 Å². The third-order valence-corrected chi connectivity index (χ3v) is 4.47. The minimum absolute atomic E-state index is 0.0131. The van der Waals surface area contributed by atoms with Crippen LogP contribution in [-0.4, -0.2) is 23.5 Å². The Labute approximate surface area is 189 Å². The molecule has 7 heteroatoms. The fourth-order valence-electron chi connectivity index (χ4n) is 2.76. The number of hydrogen-bond donors (Lipinski definition) is 3. The molecule has 0 spiro atoms. The Morgan fingerprint density at radius 1 is 1.00 bits per heavy atom. The number of nitrogens with one attached hydrogen (secondary N) is 3. The Hall–Kier alpha value is -3.19. The van der Waals surface area contributed by atoms with Crippen molar-refractivity contribution >= 4 is 46.6 Å². The summed E-state index contributed by atoms with van der Waals surface area (Å²) in [7, 11) is 0. The molecular formula is C24H29N3O3S. The van der Waals surface area contributed by atoms with Crippen molar-refractivity contribution < 1.29 is 14.3 Å². The van der Waals surface area contributed by atoms with Crippen LogP contribution in [0.4, 0.5) is 11.4 Å². The van der Waals surface area contributed by atoms with Gasteiger partial charge in [0.1, 0.15) is 5.75 Å². The van der Waals surface area contributed by atoms with Crippen LogP contribution in [0, 0.1) is 0 Å². The van der Waals surface area contributed by atoms with Crippen LogP contribution in [0.2, 0.25) is 0 Å². The maximum Gasteiger partial charge on any atom is 0.250 e. The number of carbonyl (C=O) groups excluding carboxylic acids is 2. The zero-order chi connectivity index (χ0) is 22.5. The lowest BCUT2D eigenvalue weighted by Crippen LogP contribution is -2.32. The summed E-state index contributed by atoms with van der Waals surface area (Å²) >= 11 is 5.21. The quantitative estimate of drug-likeness (QED) is 0.272. The van der Waals surface area contributed by atoms with Gasteiger partial charge >= 0.3 is 0 Å². The molecule has 0 bridgehead atoms. The van der Waals surface area contributed by atoms with Crippen LogP contribution in [0.1, 0.15) is 45.1 Å². The topological polar surface area (TPSA) is 79.5 Å². The summed E-state index contributed by atoms with van der Waals surface area (Å²) in [4.78, 5) is 24.1. The Bertz CT molecular complexity index is 911. The minimum Gasteiger partial charge on any atom is -0.494 e. The van der Waals surface area contributed by atoms with Crippen LogP contribution in [0.15, 0.2) is 54.6 Å². The first-order chi connectivity index (χ1) is 15.0. The number of carbonyl (C=O) groups is 2. The largest absolute Gasteiger partial charge is 0.494 e. The highest BCUT2D eigenvalue weighted by atomic mass is 32.1. The van der Waals surface area contributed by atoms with Crippen molar-refractivity contribution in [1.29, 1.82) is 0 Å². The standard InChI is InChI=1S/C24H29N3O3S/c1-3-5-6-10-22(28)25-19-8-7-9-20(17-19)26-24(31)27-23(29)16-13-18-11-14-21(15-12-18)30-4-2/h7-9,11-17H,3-6,10H2,1-2H3,(H,25,28)(H2,26,27,29,31)/b16-13+. The number of rotatable bonds is 10. The molecule has 0 aliphatic carbocycles. The molecule has 2 rings (SSSR count). The van der Waals surface area contributed by atoms with E-state index in [9.17, 15) is 9.59 Å². The molecular weight excluding hydrogens is 410 g/mol. The zero-order valence-corrected chi connectivity index (χ0v) is 18.8. The van der Waals surface area contributed by atoms with Gasteiger partial charge in [0, 0.05) is 23.9 Å².